The first-order valence-electron chi connectivity index (χ1n) is 10.9. The molecule has 2 aromatic carbocycles. The summed E-state index contributed by atoms with van der Waals surface area (Å²) in [5.41, 5.74) is 6.03. The van der Waals surface area contributed by atoms with E-state index in [-0.39, 0.29) is 11.4 Å². The van der Waals surface area contributed by atoms with E-state index < -0.39 is 5.97 Å². The molecule has 1 fully saturated rings. The number of carbonyl (C=O) groups is 2. The fraction of sp³-hybridized carbons (Fsp3) is 0.231. The van der Waals surface area contributed by atoms with E-state index in [1.165, 1.54) is 24.4 Å². The van der Waals surface area contributed by atoms with Crippen LogP contribution in [0.3, 0.4) is 0 Å². The maximum Gasteiger partial charge on any atom is 0.339 e. The highest BCUT2D eigenvalue weighted by atomic mass is 35.5. The molecule has 1 saturated heterocycles. The van der Waals surface area contributed by atoms with E-state index >= 15 is 0 Å². The van der Waals surface area contributed by atoms with Crippen LogP contribution in [0.25, 0.3) is 11.8 Å². The van der Waals surface area contributed by atoms with Gasteiger partial charge in [-0.2, -0.15) is 0 Å². The summed E-state index contributed by atoms with van der Waals surface area (Å²) < 4.78 is 6.82. The summed E-state index contributed by atoms with van der Waals surface area (Å²) in [4.78, 5) is 25.1. The molecule has 6 nitrogen and oxygen atoms in total. The van der Waals surface area contributed by atoms with Gasteiger partial charge in [0.15, 0.2) is 5.50 Å². The third-order valence-corrected chi connectivity index (χ3v) is 7.11. The fourth-order valence-electron chi connectivity index (χ4n) is 3.94. The lowest BCUT2D eigenvalue weighted by atomic mass is 10.1. The number of aromatic nitrogens is 1. The molecule has 1 amide bonds. The number of hydrogen-bond donors (Lipinski definition) is 2. The zero-order valence-corrected chi connectivity index (χ0v) is 21.0. The zero-order chi connectivity index (χ0) is 24.4. The van der Waals surface area contributed by atoms with Crippen molar-refractivity contribution in [1.29, 1.82) is 0 Å². The number of amides is 1. The average molecular weight is 496 g/mol. The van der Waals surface area contributed by atoms with Crippen LogP contribution in [-0.2, 0) is 16.0 Å². The summed E-state index contributed by atoms with van der Waals surface area (Å²) in [7, 11) is 1.33. The number of hydrogen-bond acceptors (Lipinski definition) is 5. The van der Waals surface area contributed by atoms with Gasteiger partial charge in [-0.3, -0.25) is 4.79 Å². The van der Waals surface area contributed by atoms with Gasteiger partial charge in [-0.25, -0.2) is 4.79 Å². The lowest BCUT2D eigenvalue weighted by molar-refractivity contribution is -0.116. The summed E-state index contributed by atoms with van der Waals surface area (Å²) in [6.07, 6.45) is 2.90. The Morgan fingerprint density at radius 1 is 1.21 bits per heavy atom. The molecule has 1 aliphatic rings. The SMILES string of the molecule is CCc1ccc(N[C@H]2NC(=O)/C(=C/c3cc(C)n(-c4ccc(C(=O)OC)c(Cl)c4)c3C)S2)cc1. The first kappa shape index (κ1) is 24.0. The molecule has 0 bridgehead atoms. The van der Waals surface area contributed by atoms with Gasteiger partial charge < -0.3 is 19.9 Å². The number of nitrogens with zero attached hydrogens (tertiary/aromatic N) is 1. The van der Waals surface area contributed by atoms with E-state index in [0.29, 0.717) is 15.5 Å². The first-order valence-corrected chi connectivity index (χ1v) is 12.2. The Morgan fingerprint density at radius 3 is 2.59 bits per heavy atom. The number of methoxy groups -OCH3 is 1. The molecule has 4 rings (SSSR count). The maximum absolute atomic E-state index is 12.6. The van der Waals surface area contributed by atoms with Crippen molar-refractivity contribution < 1.29 is 14.3 Å². The highest BCUT2D eigenvalue weighted by Crippen LogP contribution is 2.33. The summed E-state index contributed by atoms with van der Waals surface area (Å²) >= 11 is 7.79. The number of thioether (sulfide) groups is 1. The molecular weight excluding hydrogens is 470 g/mol. The van der Waals surface area contributed by atoms with Crippen LogP contribution in [-0.4, -0.2) is 29.1 Å². The van der Waals surface area contributed by atoms with Gasteiger partial charge in [0.05, 0.1) is 22.6 Å². The summed E-state index contributed by atoms with van der Waals surface area (Å²) in [6, 6.07) is 15.5. The molecule has 1 aromatic heterocycles. The second-order valence-corrected chi connectivity index (χ2v) is 9.55. The topological polar surface area (TPSA) is 72.4 Å². The summed E-state index contributed by atoms with van der Waals surface area (Å²) in [5.74, 6) is -0.584. The highest BCUT2D eigenvalue weighted by Gasteiger charge is 2.27. The highest BCUT2D eigenvalue weighted by molar-refractivity contribution is 8.05. The molecule has 0 saturated carbocycles. The molecule has 176 valence electrons. The number of rotatable bonds is 6. The predicted octanol–water partition coefficient (Wildman–Crippen LogP) is 5.70. The van der Waals surface area contributed by atoms with Crippen LogP contribution in [0.5, 0.6) is 0 Å². The van der Waals surface area contributed by atoms with E-state index in [4.69, 9.17) is 16.3 Å². The second-order valence-electron chi connectivity index (χ2n) is 7.99. The Kier molecular flexibility index (Phi) is 7.05. The maximum atomic E-state index is 12.6. The van der Waals surface area contributed by atoms with Crippen molar-refractivity contribution in [3.8, 4) is 5.69 Å². The van der Waals surface area contributed by atoms with Gasteiger partial charge in [0.2, 0.25) is 0 Å². The largest absolute Gasteiger partial charge is 0.465 e. The molecule has 1 atom stereocenters. The van der Waals surface area contributed by atoms with Crippen molar-refractivity contribution in [3.05, 3.63) is 86.5 Å². The van der Waals surface area contributed by atoms with Crippen LogP contribution >= 0.6 is 23.4 Å². The number of anilines is 1. The van der Waals surface area contributed by atoms with Gasteiger partial charge in [0.1, 0.15) is 0 Å². The molecule has 3 aromatic rings. The lowest BCUT2D eigenvalue weighted by Crippen LogP contribution is -2.30. The molecule has 0 radical (unpaired) electrons. The zero-order valence-electron chi connectivity index (χ0n) is 19.4. The third-order valence-electron chi connectivity index (χ3n) is 5.76. The van der Waals surface area contributed by atoms with E-state index in [9.17, 15) is 9.59 Å². The molecule has 34 heavy (non-hydrogen) atoms. The molecule has 2 heterocycles. The number of esters is 1. The van der Waals surface area contributed by atoms with Crippen molar-refractivity contribution in [2.45, 2.75) is 32.7 Å². The molecule has 1 aliphatic heterocycles. The molecule has 0 aliphatic carbocycles. The van der Waals surface area contributed by atoms with Crippen molar-refractivity contribution in [1.82, 2.24) is 9.88 Å². The summed E-state index contributed by atoms with van der Waals surface area (Å²) in [6.45, 7) is 6.10. The van der Waals surface area contributed by atoms with Crippen molar-refractivity contribution in [2.75, 3.05) is 12.4 Å². The fourth-order valence-corrected chi connectivity index (χ4v) is 5.17. The standard InChI is InChI=1S/C26H26ClN3O3S/c1-5-17-6-8-19(9-7-17)28-26-29-24(31)23(34-26)13-18-12-15(2)30(16(18)3)20-10-11-21(22(27)14-20)25(32)33-4/h6-14,26,28H,5H2,1-4H3,(H,29,31)/b23-13-/t26-/m0/s1. The van der Waals surface area contributed by atoms with E-state index in [2.05, 4.69) is 29.7 Å². The Balaban J connectivity index is 1.56. The average Bonchev–Trinajstić information content (AvgIpc) is 3.31. The van der Waals surface area contributed by atoms with Crippen LogP contribution in [0, 0.1) is 13.8 Å². The normalized spacial score (nSPS) is 16.6. The number of aryl methyl sites for hydroxylation is 2. The molecular formula is C26H26ClN3O3S. The van der Waals surface area contributed by atoms with E-state index in [1.807, 2.05) is 48.8 Å². The Hall–Kier alpha value is -3.16. The van der Waals surface area contributed by atoms with E-state index in [1.54, 1.807) is 12.1 Å². The second kappa shape index (κ2) is 9.99. The van der Waals surface area contributed by atoms with Crippen molar-refractivity contribution in [2.24, 2.45) is 0 Å². The third kappa shape index (κ3) is 4.86. The smallest absolute Gasteiger partial charge is 0.339 e. The Morgan fingerprint density at radius 2 is 1.94 bits per heavy atom. The Bertz CT molecular complexity index is 1280. The van der Waals surface area contributed by atoms with Gasteiger partial charge in [-0.1, -0.05) is 42.4 Å². The van der Waals surface area contributed by atoms with Crippen LogP contribution in [0.4, 0.5) is 5.69 Å². The van der Waals surface area contributed by atoms with Gasteiger partial charge in [0.25, 0.3) is 5.91 Å². The molecule has 0 spiro atoms. The summed E-state index contributed by atoms with van der Waals surface area (Å²) in [5, 5.41) is 6.66. The quantitative estimate of drug-likeness (QED) is 0.339. The molecule has 2 N–H and O–H groups in total. The number of carbonyl (C=O) groups excluding carboxylic acids is 2. The molecule has 0 unspecified atom stereocenters. The number of benzene rings is 2. The van der Waals surface area contributed by atoms with Gasteiger partial charge in [-0.15, -0.1) is 0 Å². The number of nitrogens with one attached hydrogen (secondary N) is 2. The van der Waals surface area contributed by atoms with Gasteiger partial charge in [0, 0.05) is 22.8 Å². The van der Waals surface area contributed by atoms with Crippen LogP contribution in [0.1, 0.15) is 39.8 Å². The van der Waals surface area contributed by atoms with Crippen LogP contribution in [0.15, 0.2) is 53.4 Å². The minimum atomic E-state index is -0.475. The number of ether oxygens (including phenoxy) is 1. The van der Waals surface area contributed by atoms with Crippen molar-refractivity contribution >= 4 is 47.0 Å². The van der Waals surface area contributed by atoms with Crippen LogP contribution < -0.4 is 10.6 Å². The van der Waals surface area contributed by atoms with E-state index in [0.717, 1.165) is 34.7 Å². The Labute approximate surface area is 208 Å². The van der Waals surface area contributed by atoms with Gasteiger partial charge in [-0.05, 0) is 73.9 Å². The van der Waals surface area contributed by atoms with Gasteiger partial charge >= 0.3 is 5.97 Å². The first-order chi connectivity index (χ1) is 16.3. The minimum Gasteiger partial charge on any atom is -0.465 e. The lowest BCUT2D eigenvalue weighted by Gasteiger charge is -2.13. The van der Waals surface area contributed by atoms with Crippen LogP contribution in [0.2, 0.25) is 5.02 Å². The number of halogens is 1. The van der Waals surface area contributed by atoms with Crippen molar-refractivity contribution in [3.63, 3.8) is 0 Å². The predicted molar refractivity (Wildman–Crippen MR) is 139 cm³/mol. The molecule has 8 heteroatoms. The minimum absolute atomic E-state index is 0.108. The monoisotopic (exact) mass is 495 g/mol.